The summed E-state index contributed by atoms with van der Waals surface area (Å²) in [4.78, 5) is 46.4. The Morgan fingerprint density at radius 3 is 2.73 bits per heavy atom. The number of carbonyl (C=O) groups is 3. The number of likely N-dealkylation sites (N-methyl/N-ethyl adjacent to an activating group) is 1. The van der Waals surface area contributed by atoms with Crippen molar-refractivity contribution in [3.8, 4) is 0 Å². The Kier molecular flexibility index (Phi) is 3.67. The van der Waals surface area contributed by atoms with E-state index < -0.39 is 6.04 Å². The van der Waals surface area contributed by atoms with Gasteiger partial charge in [0.1, 0.15) is 6.04 Å². The highest BCUT2D eigenvalue weighted by molar-refractivity contribution is 5.97. The third-order valence-electron chi connectivity index (χ3n) is 4.97. The van der Waals surface area contributed by atoms with Crippen LogP contribution in [0.4, 0.5) is 0 Å². The molecule has 1 atom stereocenters. The normalized spacial score (nSPS) is 20.7. The Labute approximate surface area is 150 Å². The third kappa shape index (κ3) is 2.51. The Morgan fingerprint density at radius 2 is 1.96 bits per heavy atom. The molecule has 2 aliphatic heterocycles. The predicted octanol–water partition coefficient (Wildman–Crippen LogP) is -0.529. The molecule has 0 aromatic carbocycles. The van der Waals surface area contributed by atoms with Crippen LogP contribution in [0, 0.1) is 13.8 Å². The SMILES string of the molecule is Cc1cc(C)n2nc(C(=O)N3CCN4C(=O)CN(C)C(=O)[C@H]4C3)cc2n1. The van der Waals surface area contributed by atoms with Crippen molar-refractivity contribution < 1.29 is 14.4 Å². The van der Waals surface area contributed by atoms with Gasteiger partial charge in [-0.2, -0.15) is 5.10 Å². The van der Waals surface area contributed by atoms with Crippen LogP contribution >= 0.6 is 0 Å². The summed E-state index contributed by atoms with van der Waals surface area (Å²) in [5.41, 5.74) is 2.67. The number of rotatable bonds is 1. The standard InChI is InChI=1S/C17H20N6O3/c1-10-6-11(2)23-14(18-10)7-12(19-23)16(25)21-4-5-22-13(8-21)17(26)20(3)9-15(22)24/h6-7,13H,4-5,8-9H2,1-3H3/t13-/m1/s1. The third-order valence-corrected chi connectivity index (χ3v) is 4.97. The zero-order valence-electron chi connectivity index (χ0n) is 15.0. The van der Waals surface area contributed by atoms with Crippen LogP contribution in [-0.2, 0) is 9.59 Å². The van der Waals surface area contributed by atoms with Gasteiger partial charge in [-0.1, -0.05) is 0 Å². The van der Waals surface area contributed by atoms with Gasteiger partial charge in [-0.15, -0.1) is 0 Å². The van der Waals surface area contributed by atoms with Crippen LogP contribution in [0.1, 0.15) is 21.9 Å². The van der Waals surface area contributed by atoms with Gasteiger partial charge in [-0.3, -0.25) is 14.4 Å². The molecule has 4 heterocycles. The second-order valence-corrected chi connectivity index (χ2v) is 6.89. The van der Waals surface area contributed by atoms with Gasteiger partial charge >= 0.3 is 0 Å². The second-order valence-electron chi connectivity index (χ2n) is 6.89. The maximum atomic E-state index is 12.9. The first-order valence-electron chi connectivity index (χ1n) is 8.53. The van der Waals surface area contributed by atoms with Crippen LogP contribution in [0.25, 0.3) is 5.65 Å². The Hall–Kier alpha value is -2.97. The fraction of sp³-hybridized carbons (Fsp3) is 0.471. The average Bonchev–Trinajstić information content (AvgIpc) is 3.03. The average molecular weight is 356 g/mol. The molecule has 2 aromatic rings. The molecular weight excluding hydrogens is 336 g/mol. The van der Waals surface area contributed by atoms with Gasteiger partial charge in [-0.05, 0) is 19.9 Å². The van der Waals surface area contributed by atoms with E-state index >= 15 is 0 Å². The van der Waals surface area contributed by atoms with E-state index in [9.17, 15) is 14.4 Å². The fourth-order valence-electron chi connectivity index (χ4n) is 3.66. The van der Waals surface area contributed by atoms with Crippen molar-refractivity contribution in [1.82, 2.24) is 29.3 Å². The highest BCUT2D eigenvalue weighted by Gasteiger charge is 2.42. The summed E-state index contributed by atoms with van der Waals surface area (Å²) in [6.07, 6.45) is 0. The van der Waals surface area contributed by atoms with Gasteiger partial charge in [0.25, 0.3) is 5.91 Å². The van der Waals surface area contributed by atoms with Crippen LogP contribution in [0.5, 0.6) is 0 Å². The highest BCUT2D eigenvalue weighted by Crippen LogP contribution is 2.19. The zero-order chi connectivity index (χ0) is 18.6. The maximum Gasteiger partial charge on any atom is 0.274 e. The van der Waals surface area contributed by atoms with E-state index in [1.807, 2.05) is 19.9 Å². The van der Waals surface area contributed by atoms with Gasteiger partial charge in [0.2, 0.25) is 11.8 Å². The number of fused-ring (bicyclic) bond motifs is 2. The molecule has 2 aromatic heterocycles. The molecule has 136 valence electrons. The van der Waals surface area contributed by atoms with Crippen LogP contribution in [0.2, 0.25) is 0 Å². The summed E-state index contributed by atoms with van der Waals surface area (Å²) < 4.78 is 1.64. The Balaban J connectivity index is 1.60. The minimum absolute atomic E-state index is 0.0766. The number of carbonyl (C=O) groups excluding carboxylic acids is 3. The molecule has 9 heteroatoms. The first-order chi connectivity index (χ1) is 12.3. The van der Waals surface area contributed by atoms with E-state index in [0.717, 1.165) is 11.4 Å². The lowest BCUT2D eigenvalue weighted by molar-refractivity contribution is -0.157. The lowest BCUT2D eigenvalue weighted by atomic mass is 10.1. The largest absolute Gasteiger partial charge is 0.335 e. The molecule has 0 unspecified atom stereocenters. The van der Waals surface area contributed by atoms with Crippen molar-refractivity contribution >= 4 is 23.4 Å². The van der Waals surface area contributed by atoms with Crippen molar-refractivity contribution in [2.75, 3.05) is 33.2 Å². The Morgan fingerprint density at radius 1 is 1.19 bits per heavy atom. The monoisotopic (exact) mass is 356 g/mol. The van der Waals surface area contributed by atoms with Crippen molar-refractivity contribution in [2.45, 2.75) is 19.9 Å². The Bertz CT molecular complexity index is 936. The first kappa shape index (κ1) is 16.5. The molecule has 26 heavy (non-hydrogen) atoms. The lowest BCUT2D eigenvalue weighted by Crippen LogP contribution is -2.66. The molecule has 2 aliphatic rings. The number of nitrogens with zero attached hydrogens (tertiary/aromatic N) is 6. The van der Waals surface area contributed by atoms with Gasteiger partial charge in [-0.25, -0.2) is 9.50 Å². The molecule has 0 radical (unpaired) electrons. The van der Waals surface area contributed by atoms with Crippen molar-refractivity contribution in [2.24, 2.45) is 0 Å². The predicted molar refractivity (Wildman–Crippen MR) is 91.5 cm³/mol. The second kappa shape index (κ2) is 5.79. The fourth-order valence-corrected chi connectivity index (χ4v) is 3.66. The molecule has 0 N–H and O–H groups in total. The maximum absolute atomic E-state index is 12.9. The number of aryl methyl sites for hydroxylation is 2. The lowest BCUT2D eigenvalue weighted by Gasteiger charge is -2.45. The van der Waals surface area contributed by atoms with Gasteiger partial charge in [0, 0.05) is 37.6 Å². The van der Waals surface area contributed by atoms with Gasteiger partial charge < -0.3 is 14.7 Å². The topological polar surface area (TPSA) is 91.1 Å². The smallest absolute Gasteiger partial charge is 0.274 e. The van der Waals surface area contributed by atoms with E-state index in [0.29, 0.717) is 24.4 Å². The molecular formula is C17H20N6O3. The number of piperazine rings is 2. The summed E-state index contributed by atoms with van der Waals surface area (Å²) in [5.74, 6) is -0.460. The molecule has 0 bridgehead atoms. The number of hydrogen-bond acceptors (Lipinski definition) is 5. The molecule has 2 fully saturated rings. The van der Waals surface area contributed by atoms with Crippen molar-refractivity contribution in [3.05, 3.63) is 29.2 Å². The first-order valence-corrected chi connectivity index (χ1v) is 8.53. The van der Waals surface area contributed by atoms with Crippen LogP contribution < -0.4 is 0 Å². The van der Waals surface area contributed by atoms with E-state index in [2.05, 4.69) is 10.1 Å². The number of hydrogen-bond donors (Lipinski definition) is 0. The molecule has 0 aliphatic carbocycles. The summed E-state index contributed by atoms with van der Waals surface area (Å²) in [6.45, 7) is 4.83. The van der Waals surface area contributed by atoms with E-state index in [1.54, 1.807) is 27.4 Å². The molecule has 9 nitrogen and oxygen atoms in total. The van der Waals surface area contributed by atoms with Gasteiger partial charge in [0.05, 0.1) is 13.1 Å². The highest BCUT2D eigenvalue weighted by atomic mass is 16.2. The van der Waals surface area contributed by atoms with Crippen molar-refractivity contribution in [3.63, 3.8) is 0 Å². The van der Waals surface area contributed by atoms with E-state index in [1.165, 1.54) is 4.90 Å². The van der Waals surface area contributed by atoms with Crippen LogP contribution in [0.15, 0.2) is 12.1 Å². The van der Waals surface area contributed by atoms with E-state index in [4.69, 9.17) is 0 Å². The zero-order valence-corrected chi connectivity index (χ0v) is 15.0. The van der Waals surface area contributed by atoms with Crippen molar-refractivity contribution in [1.29, 1.82) is 0 Å². The summed E-state index contributed by atoms with van der Waals surface area (Å²) in [7, 11) is 1.61. The number of amides is 3. The molecule has 0 saturated carbocycles. The summed E-state index contributed by atoms with van der Waals surface area (Å²) in [5, 5.41) is 4.37. The summed E-state index contributed by atoms with van der Waals surface area (Å²) >= 11 is 0. The number of aromatic nitrogens is 3. The summed E-state index contributed by atoms with van der Waals surface area (Å²) in [6, 6.07) is 2.95. The molecule has 2 saturated heterocycles. The van der Waals surface area contributed by atoms with Crippen LogP contribution in [-0.4, -0.2) is 86.3 Å². The molecule has 0 spiro atoms. The van der Waals surface area contributed by atoms with Gasteiger partial charge in [0.15, 0.2) is 11.3 Å². The minimum Gasteiger partial charge on any atom is -0.335 e. The molecule has 4 rings (SSSR count). The minimum atomic E-state index is -0.613. The molecule has 3 amide bonds. The van der Waals surface area contributed by atoms with E-state index in [-0.39, 0.29) is 30.8 Å². The quantitative estimate of drug-likeness (QED) is 0.685. The van der Waals surface area contributed by atoms with Crippen LogP contribution in [0.3, 0.4) is 0 Å².